The van der Waals surface area contributed by atoms with Gasteiger partial charge < -0.3 is 4.74 Å². The summed E-state index contributed by atoms with van der Waals surface area (Å²) in [6, 6.07) is 6.17. The Hall–Kier alpha value is -1.49. The first kappa shape index (κ1) is 10.6. The van der Waals surface area contributed by atoms with Gasteiger partial charge in [0.1, 0.15) is 5.75 Å². The number of nitriles is 1. The van der Waals surface area contributed by atoms with Crippen molar-refractivity contribution in [3.05, 3.63) is 28.8 Å². The largest absolute Gasteiger partial charge is 0.496 e. The van der Waals surface area contributed by atoms with Gasteiger partial charge in [-0.2, -0.15) is 5.26 Å². The van der Waals surface area contributed by atoms with E-state index in [0.717, 1.165) is 12.2 Å². The second-order valence-electron chi connectivity index (χ2n) is 3.34. The summed E-state index contributed by atoms with van der Waals surface area (Å²) in [5, 5.41) is 8.51. The van der Waals surface area contributed by atoms with E-state index in [2.05, 4.69) is 13.0 Å². The summed E-state index contributed by atoms with van der Waals surface area (Å²) in [6.07, 6.45) is 1.40. The van der Waals surface area contributed by atoms with Crippen LogP contribution in [0.3, 0.4) is 0 Å². The van der Waals surface area contributed by atoms with Crippen molar-refractivity contribution in [3.8, 4) is 11.8 Å². The molecule has 0 aliphatic rings. The maximum Gasteiger partial charge on any atom is 0.122 e. The highest BCUT2D eigenvalue weighted by Gasteiger charge is 2.05. The van der Waals surface area contributed by atoms with Gasteiger partial charge in [0.05, 0.1) is 13.2 Å². The number of nitrogens with zero attached hydrogens (tertiary/aromatic N) is 1. The van der Waals surface area contributed by atoms with Crippen molar-refractivity contribution in [1.82, 2.24) is 0 Å². The van der Waals surface area contributed by atoms with Crippen LogP contribution in [0.1, 0.15) is 23.1 Å². The van der Waals surface area contributed by atoms with Crippen LogP contribution in [0, 0.1) is 25.2 Å². The van der Waals surface area contributed by atoms with Gasteiger partial charge >= 0.3 is 0 Å². The second-order valence-corrected chi connectivity index (χ2v) is 3.34. The standard InChI is InChI=1S/C12H15NO/c1-9-10(2)12(14-3)7-6-11(9)5-4-8-13/h6-7H,4-5H2,1-3H3. The van der Waals surface area contributed by atoms with Crippen LogP contribution in [0.4, 0.5) is 0 Å². The zero-order chi connectivity index (χ0) is 10.6. The van der Waals surface area contributed by atoms with Gasteiger partial charge in [-0.25, -0.2) is 0 Å². The minimum Gasteiger partial charge on any atom is -0.496 e. The summed E-state index contributed by atoms with van der Waals surface area (Å²) in [5.41, 5.74) is 3.65. The molecule has 0 unspecified atom stereocenters. The predicted octanol–water partition coefficient (Wildman–Crippen LogP) is 2.77. The minimum atomic E-state index is 0.576. The van der Waals surface area contributed by atoms with Crippen molar-refractivity contribution >= 4 is 0 Å². The third-order valence-electron chi connectivity index (χ3n) is 2.58. The minimum absolute atomic E-state index is 0.576. The molecule has 0 radical (unpaired) electrons. The SMILES string of the molecule is COc1ccc(CCC#N)c(C)c1C. The summed E-state index contributed by atoms with van der Waals surface area (Å²) in [6.45, 7) is 4.12. The number of hydrogen-bond donors (Lipinski definition) is 0. The van der Waals surface area contributed by atoms with Gasteiger partial charge in [0.2, 0.25) is 0 Å². The van der Waals surface area contributed by atoms with Gasteiger partial charge in [0.25, 0.3) is 0 Å². The number of rotatable bonds is 3. The Bertz CT molecular complexity index is 363. The maximum atomic E-state index is 8.51. The Balaban J connectivity index is 2.99. The quantitative estimate of drug-likeness (QED) is 0.732. The van der Waals surface area contributed by atoms with Crippen LogP contribution in [0.25, 0.3) is 0 Å². The molecule has 0 aliphatic heterocycles. The molecular weight excluding hydrogens is 174 g/mol. The lowest BCUT2D eigenvalue weighted by Gasteiger charge is -2.11. The number of hydrogen-bond acceptors (Lipinski definition) is 2. The molecule has 0 amide bonds. The number of aryl methyl sites for hydroxylation is 1. The average Bonchev–Trinajstić information content (AvgIpc) is 2.20. The summed E-state index contributed by atoms with van der Waals surface area (Å²) in [5.74, 6) is 0.920. The zero-order valence-electron chi connectivity index (χ0n) is 8.92. The molecule has 0 spiro atoms. The smallest absolute Gasteiger partial charge is 0.122 e. The van der Waals surface area contributed by atoms with Crippen molar-refractivity contribution in [2.24, 2.45) is 0 Å². The van der Waals surface area contributed by atoms with E-state index >= 15 is 0 Å². The predicted molar refractivity (Wildman–Crippen MR) is 56.4 cm³/mol. The lowest BCUT2D eigenvalue weighted by atomic mass is 9.99. The highest BCUT2D eigenvalue weighted by atomic mass is 16.5. The van der Waals surface area contributed by atoms with E-state index in [0.29, 0.717) is 6.42 Å². The third-order valence-corrected chi connectivity index (χ3v) is 2.58. The molecule has 0 atom stereocenters. The fraction of sp³-hybridized carbons (Fsp3) is 0.417. The highest BCUT2D eigenvalue weighted by Crippen LogP contribution is 2.24. The topological polar surface area (TPSA) is 33.0 Å². The molecule has 1 rings (SSSR count). The van der Waals surface area contributed by atoms with Crippen LogP contribution >= 0.6 is 0 Å². The second kappa shape index (κ2) is 4.66. The Morgan fingerprint density at radius 3 is 2.57 bits per heavy atom. The Morgan fingerprint density at radius 2 is 2.00 bits per heavy atom. The molecule has 1 aromatic carbocycles. The van der Waals surface area contributed by atoms with Crippen molar-refractivity contribution in [3.63, 3.8) is 0 Å². The summed E-state index contributed by atoms with van der Waals surface area (Å²) in [4.78, 5) is 0. The zero-order valence-corrected chi connectivity index (χ0v) is 8.92. The van der Waals surface area contributed by atoms with E-state index in [-0.39, 0.29) is 0 Å². The monoisotopic (exact) mass is 189 g/mol. The van der Waals surface area contributed by atoms with Gasteiger partial charge in [0.15, 0.2) is 0 Å². The first-order valence-corrected chi connectivity index (χ1v) is 4.70. The van der Waals surface area contributed by atoms with Crippen LogP contribution in [0.2, 0.25) is 0 Å². The molecule has 2 nitrogen and oxygen atoms in total. The molecule has 74 valence electrons. The lowest BCUT2D eigenvalue weighted by Crippen LogP contribution is -1.95. The van der Waals surface area contributed by atoms with E-state index in [1.807, 2.05) is 19.1 Å². The van der Waals surface area contributed by atoms with Gasteiger partial charge in [-0.15, -0.1) is 0 Å². The molecule has 0 saturated heterocycles. The van der Waals surface area contributed by atoms with Crippen molar-refractivity contribution in [1.29, 1.82) is 5.26 Å². The summed E-state index contributed by atoms with van der Waals surface area (Å²) >= 11 is 0. The maximum absolute atomic E-state index is 8.51. The Kier molecular flexibility index (Phi) is 3.53. The van der Waals surface area contributed by atoms with E-state index < -0.39 is 0 Å². The molecule has 0 heterocycles. The normalized spacial score (nSPS) is 9.57. The number of ether oxygens (including phenoxy) is 1. The fourth-order valence-corrected chi connectivity index (χ4v) is 1.53. The molecule has 0 aromatic heterocycles. The van der Waals surface area contributed by atoms with E-state index in [9.17, 15) is 0 Å². The average molecular weight is 189 g/mol. The van der Waals surface area contributed by atoms with Gasteiger partial charge in [-0.1, -0.05) is 6.07 Å². The molecule has 0 saturated carbocycles. The molecule has 0 N–H and O–H groups in total. The Morgan fingerprint density at radius 1 is 1.29 bits per heavy atom. The van der Waals surface area contributed by atoms with E-state index in [4.69, 9.17) is 10.00 Å². The molecule has 0 fully saturated rings. The van der Waals surface area contributed by atoms with Crippen LogP contribution in [0.5, 0.6) is 5.75 Å². The van der Waals surface area contributed by atoms with E-state index in [1.165, 1.54) is 16.7 Å². The van der Waals surface area contributed by atoms with Gasteiger partial charge in [-0.3, -0.25) is 0 Å². The molecular formula is C12H15NO. The summed E-state index contributed by atoms with van der Waals surface area (Å²) < 4.78 is 5.22. The lowest BCUT2D eigenvalue weighted by molar-refractivity contribution is 0.411. The van der Waals surface area contributed by atoms with Crippen LogP contribution in [-0.2, 0) is 6.42 Å². The van der Waals surface area contributed by atoms with Crippen molar-refractivity contribution in [2.45, 2.75) is 26.7 Å². The molecule has 14 heavy (non-hydrogen) atoms. The number of benzene rings is 1. The van der Waals surface area contributed by atoms with E-state index in [1.54, 1.807) is 7.11 Å². The first-order valence-electron chi connectivity index (χ1n) is 4.70. The van der Waals surface area contributed by atoms with Gasteiger partial charge in [-0.05, 0) is 43.0 Å². The van der Waals surface area contributed by atoms with Crippen LogP contribution < -0.4 is 4.74 Å². The molecule has 0 aliphatic carbocycles. The van der Waals surface area contributed by atoms with Gasteiger partial charge in [0, 0.05) is 6.42 Å². The molecule has 1 aromatic rings. The van der Waals surface area contributed by atoms with Crippen LogP contribution in [0.15, 0.2) is 12.1 Å². The Labute approximate surface area is 85.1 Å². The van der Waals surface area contributed by atoms with Crippen LogP contribution in [-0.4, -0.2) is 7.11 Å². The van der Waals surface area contributed by atoms with Crippen molar-refractivity contribution in [2.75, 3.05) is 7.11 Å². The molecule has 2 heteroatoms. The summed E-state index contributed by atoms with van der Waals surface area (Å²) in [7, 11) is 1.68. The highest BCUT2D eigenvalue weighted by molar-refractivity contribution is 5.43. The fourth-order valence-electron chi connectivity index (χ4n) is 1.53. The first-order chi connectivity index (χ1) is 6.70. The third kappa shape index (κ3) is 2.05. The van der Waals surface area contributed by atoms with Crippen molar-refractivity contribution < 1.29 is 4.74 Å². The molecule has 0 bridgehead atoms. The number of methoxy groups -OCH3 is 1.